The second-order valence-corrected chi connectivity index (χ2v) is 11.1. The van der Waals surface area contributed by atoms with Gasteiger partial charge in [-0.25, -0.2) is 0 Å². The third-order valence-electron chi connectivity index (χ3n) is 7.39. The van der Waals surface area contributed by atoms with Crippen molar-refractivity contribution < 1.29 is 14.3 Å². The minimum atomic E-state index is -0.440. The maximum absolute atomic E-state index is 13.5. The molecule has 194 valence electrons. The van der Waals surface area contributed by atoms with Gasteiger partial charge in [0.15, 0.2) is 5.78 Å². The van der Waals surface area contributed by atoms with Crippen LogP contribution in [-0.4, -0.2) is 77.6 Å². The summed E-state index contributed by atoms with van der Waals surface area (Å²) in [5, 5.41) is 13.2. The van der Waals surface area contributed by atoms with Crippen molar-refractivity contribution in [2.24, 2.45) is 0 Å². The van der Waals surface area contributed by atoms with Gasteiger partial charge in [0.05, 0.1) is 13.0 Å². The molecule has 37 heavy (non-hydrogen) atoms. The molecule has 2 aromatic carbocycles. The molecule has 1 aliphatic carbocycles. The molecule has 2 heterocycles. The van der Waals surface area contributed by atoms with Crippen LogP contribution in [0.2, 0.25) is 0 Å². The molecule has 1 amide bonds. The van der Waals surface area contributed by atoms with E-state index < -0.39 is 5.54 Å². The normalized spacial score (nSPS) is 17.5. The van der Waals surface area contributed by atoms with Crippen LogP contribution in [0.3, 0.4) is 0 Å². The fourth-order valence-electron chi connectivity index (χ4n) is 4.91. The molecule has 1 N–H and O–H groups in total. The Morgan fingerprint density at radius 1 is 1.08 bits per heavy atom. The van der Waals surface area contributed by atoms with E-state index in [-0.39, 0.29) is 18.1 Å². The van der Waals surface area contributed by atoms with Crippen molar-refractivity contribution in [1.29, 1.82) is 0 Å². The molecule has 2 fully saturated rings. The topological polar surface area (TPSA) is 87.7 Å². The number of nitrogens with one attached hydrogen (secondary N) is 1. The van der Waals surface area contributed by atoms with E-state index in [2.05, 4.69) is 32.4 Å². The third-order valence-corrected chi connectivity index (χ3v) is 8.35. The predicted molar refractivity (Wildman–Crippen MR) is 145 cm³/mol. The number of benzene rings is 2. The third kappa shape index (κ3) is 5.50. The lowest BCUT2D eigenvalue weighted by Gasteiger charge is -2.37. The highest BCUT2D eigenvalue weighted by Crippen LogP contribution is 2.43. The average Bonchev–Trinajstić information content (AvgIpc) is 3.58. The van der Waals surface area contributed by atoms with Gasteiger partial charge in [-0.2, -0.15) is 0 Å². The Morgan fingerprint density at radius 2 is 1.84 bits per heavy atom. The summed E-state index contributed by atoms with van der Waals surface area (Å²) in [6.45, 7) is 6.09. The molecule has 0 spiro atoms. The summed E-state index contributed by atoms with van der Waals surface area (Å²) >= 11 is 1.44. The summed E-state index contributed by atoms with van der Waals surface area (Å²) in [4.78, 5) is 31.3. The Hall–Kier alpha value is -2.98. The number of ether oxygens (including phenoxy) is 1. The molecular weight excluding hydrogens is 486 g/mol. The van der Waals surface area contributed by atoms with Crippen LogP contribution in [0.1, 0.15) is 39.3 Å². The monoisotopic (exact) mass is 519 g/mol. The number of piperazine rings is 1. The van der Waals surface area contributed by atoms with Crippen LogP contribution in [-0.2, 0) is 22.6 Å². The van der Waals surface area contributed by atoms with Gasteiger partial charge in [0, 0.05) is 55.7 Å². The number of aryl methyl sites for hydroxylation is 1. The molecule has 1 saturated heterocycles. The first kappa shape index (κ1) is 25.7. The van der Waals surface area contributed by atoms with Crippen molar-refractivity contribution in [2.45, 2.75) is 38.3 Å². The fourth-order valence-corrected chi connectivity index (χ4v) is 5.84. The summed E-state index contributed by atoms with van der Waals surface area (Å²) in [6.07, 6.45) is 1.88. The summed E-state index contributed by atoms with van der Waals surface area (Å²) in [5.41, 5.74) is 3.73. The minimum Gasteiger partial charge on any atom is -0.380 e. The van der Waals surface area contributed by atoms with Crippen LogP contribution in [0.25, 0.3) is 10.6 Å². The van der Waals surface area contributed by atoms with Gasteiger partial charge in [-0.1, -0.05) is 47.7 Å². The van der Waals surface area contributed by atoms with Crippen molar-refractivity contribution >= 4 is 28.7 Å². The number of hydrogen-bond acceptors (Lipinski definition) is 8. The van der Waals surface area contributed by atoms with Crippen molar-refractivity contribution in [1.82, 2.24) is 20.0 Å². The smallest absolute Gasteiger partial charge is 0.244 e. The molecule has 2 aliphatic rings. The second kappa shape index (κ2) is 10.8. The number of rotatable bonds is 9. The Labute approximate surface area is 221 Å². The average molecular weight is 520 g/mol. The van der Waals surface area contributed by atoms with Crippen LogP contribution in [0.5, 0.6) is 0 Å². The zero-order valence-corrected chi connectivity index (χ0v) is 22.4. The SMILES string of the molecule is COCc1ccc(C(=O)Cc2nnc(-c3ccccc3C)s2)cc1NC(=O)C1(N2CCN(C)CC2)CC1. The van der Waals surface area contributed by atoms with Gasteiger partial charge in [0.1, 0.15) is 15.6 Å². The standard InChI is InChI=1S/C28H33N5O3S/c1-19-6-4-5-7-22(19)26-31-30-25(37-26)17-24(34)20-8-9-21(18-36-3)23(16-20)29-27(35)28(10-11-28)33-14-12-32(2)13-15-33/h4-9,16H,10-15,17-18H2,1-3H3,(H,29,35). The van der Waals surface area contributed by atoms with Crippen molar-refractivity contribution in [3.8, 4) is 10.6 Å². The predicted octanol–water partition coefficient (Wildman–Crippen LogP) is 3.80. The fraction of sp³-hybridized carbons (Fsp3) is 0.429. The molecule has 5 rings (SSSR count). The number of ketones is 1. The number of nitrogens with zero attached hydrogens (tertiary/aromatic N) is 4. The van der Waals surface area contributed by atoms with Crippen LogP contribution < -0.4 is 5.32 Å². The van der Waals surface area contributed by atoms with Crippen LogP contribution in [0, 0.1) is 6.92 Å². The molecule has 1 aliphatic heterocycles. The zero-order valence-electron chi connectivity index (χ0n) is 21.6. The van der Waals surface area contributed by atoms with Gasteiger partial charge in [-0.15, -0.1) is 10.2 Å². The van der Waals surface area contributed by atoms with Gasteiger partial charge in [-0.05, 0) is 38.4 Å². The van der Waals surface area contributed by atoms with Crippen molar-refractivity contribution in [3.05, 3.63) is 64.2 Å². The molecule has 3 aromatic rings. The van der Waals surface area contributed by atoms with E-state index in [4.69, 9.17) is 4.74 Å². The number of Topliss-reactive ketones (excluding diaryl/α,β-unsaturated/α-hetero) is 1. The van der Waals surface area contributed by atoms with Crippen LogP contribution in [0.4, 0.5) is 5.69 Å². The van der Waals surface area contributed by atoms with E-state index in [1.807, 2.05) is 37.3 Å². The Balaban J connectivity index is 1.31. The largest absolute Gasteiger partial charge is 0.380 e. The van der Waals surface area contributed by atoms with E-state index in [1.165, 1.54) is 11.3 Å². The van der Waals surface area contributed by atoms with E-state index in [1.54, 1.807) is 19.2 Å². The molecule has 1 aromatic heterocycles. The van der Waals surface area contributed by atoms with Gasteiger partial charge < -0.3 is 15.0 Å². The second-order valence-electron chi connectivity index (χ2n) is 10.00. The minimum absolute atomic E-state index is 0.00556. The first-order valence-corrected chi connectivity index (χ1v) is 13.5. The van der Waals surface area contributed by atoms with Crippen molar-refractivity contribution in [3.63, 3.8) is 0 Å². The number of methoxy groups -OCH3 is 1. The number of likely N-dealkylation sites (N-methyl/N-ethyl adjacent to an activating group) is 1. The number of anilines is 1. The molecule has 0 atom stereocenters. The summed E-state index contributed by atoms with van der Waals surface area (Å²) in [7, 11) is 3.74. The van der Waals surface area contributed by atoms with Gasteiger partial charge >= 0.3 is 0 Å². The van der Waals surface area contributed by atoms with E-state index >= 15 is 0 Å². The number of carbonyl (C=O) groups is 2. The molecular formula is C28H33N5O3S. The summed E-state index contributed by atoms with van der Waals surface area (Å²) < 4.78 is 5.36. The van der Waals surface area contributed by atoms with Gasteiger partial charge in [0.25, 0.3) is 0 Å². The van der Waals surface area contributed by atoms with Gasteiger partial charge in [-0.3, -0.25) is 14.5 Å². The Kier molecular flexibility index (Phi) is 7.48. The lowest BCUT2D eigenvalue weighted by atomic mass is 10.0. The summed E-state index contributed by atoms with van der Waals surface area (Å²) in [5.74, 6) is -0.0573. The highest BCUT2D eigenvalue weighted by Gasteiger charge is 2.54. The molecule has 0 unspecified atom stereocenters. The molecule has 9 heteroatoms. The number of amides is 1. The quantitative estimate of drug-likeness (QED) is 0.430. The number of carbonyl (C=O) groups excluding carboxylic acids is 2. The number of aromatic nitrogens is 2. The Bertz CT molecular complexity index is 1290. The lowest BCUT2D eigenvalue weighted by molar-refractivity contribution is -0.123. The van der Waals surface area contributed by atoms with Crippen LogP contribution in [0.15, 0.2) is 42.5 Å². The maximum atomic E-state index is 13.5. The first-order chi connectivity index (χ1) is 17.9. The summed E-state index contributed by atoms with van der Waals surface area (Å²) in [6, 6.07) is 13.4. The highest BCUT2D eigenvalue weighted by molar-refractivity contribution is 7.14. The van der Waals surface area contributed by atoms with Gasteiger partial charge in [0.2, 0.25) is 5.91 Å². The van der Waals surface area contributed by atoms with E-state index in [0.29, 0.717) is 22.9 Å². The van der Waals surface area contributed by atoms with Crippen molar-refractivity contribution in [2.75, 3.05) is 45.7 Å². The maximum Gasteiger partial charge on any atom is 0.244 e. The Morgan fingerprint density at radius 3 is 2.54 bits per heavy atom. The molecule has 0 bridgehead atoms. The van der Waals surface area contributed by atoms with E-state index in [0.717, 1.165) is 60.7 Å². The number of hydrogen-bond donors (Lipinski definition) is 1. The van der Waals surface area contributed by atoms with E-state index in [9.17, 15) is 9.59 Å². The lowest BCUT2D eigenvalue weighted by Crippen LogP contribution is -2.54. The molecule has 0 radical (unpaired) electrons. The first-order valence-electron chi connectivity index (χ1n) is 12.7. The highest BCUT2D eigenvalue weighted by atomic mass is 32.1. The molecule has 1 saturated carbocycles. The molecule has 8 nitrogen and oxygen atoms in total. The zero-order chi connectivity index (χ0) is 26.0. The van der Waals surface area contributed by atoms with Crippen LogP contribution >= 0.6 is 11.3 Å².